The van der Waals surface area contributed by atoms with Crippen LogP contribution in [0, 0.1) is 0 Å². The lowest BCUT2D eigenvalue weighted by atomic mass is 10.2. The fourth-order valence-electron chi connectivity index (χ4n) is 1.03. The zero-order chi connectivity index (χ0) is 11.8. The molecule has 0 saturated carbocycles. The number of hydrogen-bond acceptors (Lipinski definition) is 4. The summed E-state index contributed by atoms with van der Waals surface area (Å²) in [5.41, 5.74) is 3.53. The maximum absolute atomic E-state index is 5.08. The van der Waals surface area contributed by atoms with Crippen molar-refractivity contribution in [3.8, 4) is 5.75 Å². The van der Waals surface area contributed by atoms with E-state index in [1.165, 1.54) is 11.9 Å². The number of ether oxygens (including phenoxy) is 1. The molecule has 0 aliphatic carbocycles. The lowest BCUT2D eigenvalue weighted by Crippen LogP contribution is -2.18. The van der Waals surface area contributed by atoms with Crippen molar-refractivity contribution in [3.63, 3.8) is 0 Å². The van der Waals surface area contributed by atoms with E-state index < -0.39 is 0 Å². The van der Waals surface area contributed by atoms with Crippen LogP contribution in [0.5, 0.6) is 5.75 Å². The molecule has 0 amide bonds. The molecule has 0 saturated heterocycles. The third kappa shape index (κ3) is 4.37. The molecule has 0 fully saturated rings. The Bertz CT molecular complexity index is 362. The Morgan fingerprint density at radius 3 is 2.81 bits per heavy atom. The third-order valence-electron chi connectivity index (χ3n) is 1.85. The minimum Gasteiger partial charge on any atom is -0.497 e. The van der Waals surface area contributed by atoms with Crippen LogP contribution in [-0.4, -0.2) is 13.4 Å². The number of rotatable bonds is 6. The Kier molecular flexibility index (Phi) is 5.45. The molecule has 5 heteroatoms. The lowest BCUT2D eigenvalue weighted by Gasteiger charge is -2.03. The molecule has 0 spiro atoms. The summed E-state index contributed by atoms with van der Waals surface area (Å²) in [6.45, 7) is 3.79. The molecule has 1 rings (SSSR count). The number of hydrogen-bond donors (Lipinski definition) is 2. The quantitative estimate of drug-likeness (QED) is 0.343. The summed E-state index contributed by atoms with van der Waals surface area (Å²) in [7, 11) is 1.65. The van der Waals surface area contributed by atoms with Crippen molar-refractivity contribution in [1.82, 2.24) is 5.43 Å². The maximum atomic E-state index is 5.08. The first-order chi connectivity index (χ1) is 7.76. The molecule has 3 N–H and O–H groups in total. The molecule has 0 aliphatic rings. The van der Waals surface area contributed by atoms with Crippen molar-refractivity contribution in [2.45, 2.75) is 5.75 Å². The minimum absolute atomic E-state index is 0.716. The van der Waals surface area contributed by atoms with Gasteiger partial charge in [0, 0.05) is 5.75 Å². The summed E-state index contributed by atoms with van der Waals surface area (Å²) in [5, 5.41) is 0.716. The Morgan fingerprint density at radius 1 is 1.56 bits per heavy atom. The monoisotopic (exact) mass is 237 g/mol. The zero-order valence-corrected chi connectivity index (χ0v) is 9.96. The summed E-state index contributed by atoms with van der Waals surface area (Å²) < 4.78 is 5.08. The van der Waals surface area contributed by atoms with Gasteiger partial charge < -0.3 is 10.2 Å². The van der Waals surface area contributed by atoms with Crippen molar-refractivity contribution < 1.29 is 4.74 Å². The Balaban J connectivity index is 2.42. The Labute approximate surface area is 99.6 Å². The van der Waals surface area contributed by atoms with Gasteiger partial charge in [-0.05, 0) is 17.7 Å². The van der Waals surface area contributed by atoms with Crippen molar-refractivity contribution in [3.05, 3.63) is 41.4 Å². The van der Waals surface area contributed by atoms with Crippen molar-refractivity contribution in [1.29, 1.82) is 0 Å². The highest BCUT2D eigenvalue weighted by molar-refractivity contribution is 8.02. The minimum atomic E-state index is 0.716. The predicted molar refractivity (Wildman–Crippen MR) is 69.2 cm³/mol. The van der Waals surface area contributed by atoms with E-state index in [4.69, 9.17) is 10.6 Å². The van der Waals surface area contributed by atoms with E-state index in [0.29, 0.717) is 5.03 Å². The molecule has 4 nitrogen and oxygen atoms in total. The average molecular weight is 237 g/mol. The highest BCUT2D eigenvalue weighted by atomic mass is 32.2. The van der Waals surface area contributed by atoms with Gasteiger partial charge in [0.1, 0.15) is 12.1 Å². The van der Waals surface area contributed by atoms with E-state index in [2.05, 4.69) is 17.0 Å². The average Bonchev–Trinajstić information content (AvgIpc) is 2.34. The van der Waals surface area contributed by atoms with Crippen LogP contribution in [0.1, 0.15) is 5.56 Å². The number of nitrogens with zero attached hydrogens (tertiary/aromatic N) is 1. The lowest BCUT2D eigenvalue weighted by molar-refractivity contribution is 0.414. The number of hydrazine groups is 1. The van der Waals surface area contributed by atoms with Crippen molar-refractivity contribution in [2.75, 3.05) is 7.11 Å². The van der Waals surface area contributed by atoms with Gasteiger partial charge in [0.2, 0.25) is 0 Å². The summed E-state index contributed by atoms with van der Waals surface area (Å²) in [5.74, 6) is 6.74. The molecule has 0 bridgehead atoms. The topological polar surface area (TPSA) is 59.6 Å². The van der Waals surface area contributed by atoms with Gasteiger partial charge in [-0.15, -0.1) is 11.8 Å². The summed E-state index contributed by atoms with van der Waals surface area (Å²) in [6.07, 6.45) is 1.41. The molecule has 0 aliphatic heterocycles. The number of nitrogens with two attached hydrogens (primary N) is 1. The van der Waals surface area contributed by atoms with Gasteiger partial charge >= 0.3 is 0 Å². The SMILES string of the molecule is C=C(/N=C\NN)SCc1ccc(OC)cc1. The maximum Gasteiger partial charge on any atom is 0.118 e. The largest absolute Gasteiger partial charge is 0.497 e. The van der Waals surface area contributed by atoms with Crippen LogP contribution in [0.15, 0.2) is 40.9 Å². The molecule has 1 aromatic carbocycles. The molecule has 0 unspecified atom stereocenters. The smallest absolute Gasteiger partial charge is 0.118 e. The van der Waals surface area contributed by atoms with Crippen LogP contribution in [-0.2, 0) is 5.75 Å². The van der Waals surface area contributed by atoms with E-state index in [9.17, 15) is 0 Å². The fourth-order valence-corrected chi connectivity index (χ4v) is 1.69. The van der Waals surface area contributed by atoms with Gasteiger partial charge in [-0.3, -0.25) is 0 Å². The second-order valence-corrected chi connectivity index (χ2v) is 4.00. The highest BCUT2D eigenvalue weighted by Crippen LogP contribution is 2.21. The standard InChI is InChI=1S/C11H15N3OS/c1-9(13-8-14-12)16-7-10-3-5-11(15-2)6-4-10/h3-6,8H,1,7,12H2,2H3,(H,13,14). The molecule has 1 aromatic rings. The van der Waals surface area contributed by atoms with Gasteiger partial charge in [-0.25, -0.2) is 10.8 Å². The molecule has 16 heavy (non-hydrogen) atoms. The van der Waals surface area contributed by atoms with E-state index in [1.54, 1.807) is 18.9 Å². The number of aliphatic imine (C=N–C) groups is 1. The van der Waals surface area contributed by atoms with Gasteiger partial charge in [-0.2, -0.15) is 0 Å². The van der Waals surface area contributed by atoms with Gasteiger partial charge in [0.25, 0.3) is 0 Å². The second-order valence-electron chi connectivity index (χ2n) is 2.96. The summed E-state index contributed by atoms with van der Waals surface area (Å²) in [6, 6.07) is 7.90. The van der Waals surface area contributed by atoms with Crippen LogP contribution in [0.4, 0.5) is 0 Å². The number of nitrogens with one attached hydrogen (secondary N) is 1. The number of thioether (sulfide) groups is 1. The van der Waals surface area contributed by atoms with Crippen LogP contribution >= 0.6 is 11.8 Å². The number of benzene rings is 1. The van der Waals surface area contributed by atoms with Crippen molar-refractivity contribution >= 4 is 18.1 Å². The second kappa shape index (κ2) is 6.92. The van der Waals surface area contributed by atoms with Crippen LogP contribution < -0.4 is 16.0 Å². The first kappa shape index (κ1) is 12.6. The first-order valence-corrected chi connectivity index (χ1v) is 5.68. The molecule has 0 radical (unpaired) electrons. The van der Waals surface area contributed by atoms with E-state index in [0.717, 1.165) is 11.5 Å². The molecule has 86 valence electrons. The van der Waals surface area contributed by atoms with Crippen LogP contribution in [0.3, 0.4) is 0 Å². The zero-order valence-electron chi connectivity index (χ0n) is 9.14. The van der Waals surface area contributed by atoms with Gasteiger partial charge in [0.15, 0.2) is 0 Å². The highest BCUT2D eigenvalue weighted by Gasteiger charge is 1.96. The summed E-state index contributed by atoms with van der Waals surface area (Å²) >= 11 is 1.55. The van der Waals surface area contributed by atoms with Crippen LogP contribution in [0.25, 0.3) is 0 Å². The molecule has 0 atom stereocenters. The number of methoxy groups -OCH3 is 1. The summed E-state index contributed by atoms with van der Waals surface area (Å²) in [4.78, 5) is 3.97. The molecule has 0 heterocycles. The van der Waals surface area contributed by atoms with Gasteiger partial charge in [0.05, 0.1) is 12.1 Å². The third-order valence-corrected chi connectivity index (χ3v) is 2.76. The van der Waals surface area contributed by atoms with Gasteiger partial charge in [-0.1, -0.05) is 18.7 Å². The fraction of sp³-hybridized carbons (Fsp3) is 0.182. The van der Waals surface area contributed by atoms with E-state index >= 15 is 0 Å². The predicted octanol–water partition coefficient (Wildman–Crippen LogP) is 1.89. The van der Waals surface area contributed by atoms with E-state index in [1.807, 2.05) is 24.3 Å². The molecular formula is C11H15N3OS. The molecular weight excluding hydrogens is 222 g/mol. The first-order valence-electron chi connectivity index (χ1n) is 4.69. The molecule has 0 aromatic heterocycles. The normalized spacial score (nSPS) is 10.4. The van der Waals surface area contributed by atoms with Crippen molar-refractivity contribution in [2.24, 2.45) is 10.8 Å². The Morgan fingerprint density at radius 2 is 2.25 bits per heavy atom. The Hall–Kier alpha value is -1.46. The van der Waals surface area contributed by atoms with E-state index in [-0.39, 0.29) is 0 Å². The van der Waals surface area contributed by atoms with Crippen LogP contribution in [0.2, 0.25) is 0 Å².